The van der Waals surface area contributed by atoms with Crippen molar-refractivity contribution in [3.05, 3.63) is 18.2 Å². The van der Waals surface area contributed by atoms with E-state index in [-0.39, 0.29) is 18.0 Å². The van der Waals surface area contributed by atoms with Crippen molar-refractivity contribution in [2.45, 2.75) is 11.8 Å². The molecule has 0 unspecified atom stereocenters. The molecular weight excluding hydrogens is 282 g/mol. The van der Waals surface area contributed by atoms with Crippen molar-refractivity contribution in [2.75, 3.05) is 13.7 Å². The van der Waals surface area contributed by atoms with Gasteiger partial charge in [-0.25, -0.2) is 0 Å². The molecule has 0 aliphatic carbocycles. The van der Waals surface area contributed by atoms with Crippen LogP contribution in [-0.4, -0.2) is 39.0 Å². The normalized spacial score (nSPS) is 11.1. The van der Waals surface area contributed by atoms with Crippen LogP contribution in [0.25, 0.3) is 0 Å². The van der Waals surface area contributed by atoms with Crippen LogP contribution >= 0.6 is 0 Å². The molecule has 0 aliphatic heterocycles. The highest BCUT2D eigenvalue weighted by molar-refractivity contribution is 7.86. The molecule has 0 atom stereocenters. The van der Waals surface area contributed by atoms with E-state index in [2.05, 4.69) is 0 Å². The molecule has 0 fully saturated rings. The second-order valence-electron chi connectivity index (χ2n) is 3.25. The number of hydrogen-bond acceptors (Lipinski definition) is 5. The van der Waals surface area contributed by atoms with Gasteiger partial charge in [-0.1, -0.05) is 3.95 Å². The minimum absolute atomic E-state index is 0.0335. The first-order valence-electron chi connectivity index (χ1n) is 4.84. The Morgan fingerprint density at radius 1 is 1.39 bits per heavy atom. The predicted octanol–water partition coefficient (Wildman–Crippen LogP) is 0.668. The molecule has 0 saturated carbocycles. The van der Waals surface area contributed by atoms with Crippen molar-refractivity contribution < 1.29 is 30.1 Å². The van der Waals surface area contributed by atoms with Crippen LogP contribution in [0.4, 0.5) is 5.69 Å². The number of benzene rings is 1. The van der Waals surface area contributed by atoms with Gasteiger partial charge in [-0.05, 0) is 13.0 Å². The van der Waals surface area contributed by atoms with E-state index in [9.17, 15) is 16.8 Å². The standard InChI is InChI=1S/C9H11NO6S2/c1-3-16-8-5-4-7(10(2)17(11)12)6-9(8)18(13,14)15/h4-6H,3H2,1-2H3/p+1. The summed E-state index contributed by atoms with van der Waals surface area (Å²) >= 11 is 0. The molecule has 0 heterocycles. The average Bonchev–Trinajstić information content (AvgIpc) is 2.27. The fourth-order valence-corrected chi connectivity index (χ4v) is 2.19. The summed E-state index contributed by atoms with van der Waals surface area (Å²) in [7, 11) is -5.79. The van der Waals surface area contributed by atoms with Crippen molar-refractivity contribution in [2.24, 2.45) is 0 Å². The summed E-state index contributed by atoms with van der Waals surface area (Å²) in [6.07, 6.45) is 0. The van der Waals surface area contributed by atoms with E-state index >= 15 is 0 Å². The maximum Gasteiger partial charge on any atom is 0.464 e. The van der Waals surface area contributed by atoms with Gasteiger partial charge in [0, 0.05) is 12.1 Å². The molecule has 7 nitrogen and oxygen atoms in total. The third-order valence-corrected chi connectivity index (χ3v) is 3.63. The minimum atomic E-state index is -4.49. The second-order valence-corrected chi connectivity index (χ2v) is 5.63. The van der Waals surface area contributed by atoms with Gasteiger partial charge in [0.1, 0.15) is 10.6 Å². The summed E-state index contributed by atoms with van der Waals surface area (Å²) in [5.74, 6) is -0.0335. The molecule has 1 aromatic rings. The highest BCUT2D eigenvalue weighted by atomic mass is 32.2. The zero-order valence-electron chi connectivity index (χ0n) is 9.69. The van der Waals surface area contributed by atoms with Gasteiger partial charge < -0.3 is 4.74 Å². The molecule has 0 spiro atoms. The van der Waals surface area contributed by atoms with Gasteiger partial charge in [0.2, 0.25) is 5.69 Å². The summed E-state index contributed by atoms with van der Waals surface area (Å²) in [6.45, 7) is 1.87. The van der Waals surface area contributed by atoms with E-state index in [0.29, 0.717) is 0 Å². The lowest BCUT2D eigenvalue weighted by Crippen LogP contribution is -2.05. The Labute approximate surface area is 106 Å². The van der Waals surface area contributed by atoms with E-state index in [1.54, 1.807) is 6.92 Å². The third kappa shape index (κ3) is 3.28. The van der Waals surface area contributed by atoms with Gasteiger partial charge in [-0.15, -0.1) is 8.42 Å². The summed E-state index contributed by atoms with van der Waals surface area (Å²) in [6, 6.07) is 3.68. The SMILES string of the molecule is CCOc1ccc([N+](C)=S(=O)=O)cc1S(=O)(=O)O. The van der Waals surface area contributed by atoms with Crippen molar-refractivity contribution in [1.29, 1.82) is 0 Å². The molecule has 1 N–H and O–H groups in total. The van der Waals surface area contributed by atoms with Gasteiger partial charge in [0.15, 0.2) is 7.05 Å². The molecule has 0 saturated heterocycles. The second kappa shape index (κ2) is 5.46. The first kappa shape index (κ1) is 14.6. The van der Waals surface area contributed by atoms with E-state index in [1.807, 2.05) is 0 Å². The lowest BCUT2D eigenvalue weighted by molar-refractivity contribution is -0.377. The largest absolute Gasteiger partial charge is 0.492 e. The zero-order chi connectivity index (χ0) is 13.9. The van der Waals surface area contributed by atoms with Crippen LogP contribution in [0.15, 0.2) is 23.1 Å². The lowest BCUT2D eigenvalue weighted by Gasteiger charge is -2.07. The quantitative estimate of drug-likeness (QED) is 0.647. The molecule has 0 aromatic heterocycles. The minimum Gasteiger partial charge on any atom is -0.492 e. The maximum atomic E-state index is 11.2. The Balaban J connectivity index is 3.54. The van der Waals surface area contributed by atoms with E-state index < -0.39 is 25.5 Å². The molecular formula is C9H12NO6S2+. The van der Waals surface area contributed by atoms with E-state index in [0.717, 1.165) is 10.0 Å². The van der Waals surface area contributed by atoms with Gasteiger partial charge in [-0.2, -0.15) is 8.42 Å². The van der Waals surface area contributed by atoms with Gasteiger partial charge in [-0.3, -0.25) is 4.55 Å². The van der Waals surface area contributed by atoms with Crippen LogP contribution in [0.3, 0.4) is 0 Å². The summed E-state index contributed by atoms with van der Waals surface area (Å²) < 4.78 is 58.8. The maximum absolute atomic E-state index is 11.2. The van der Waals surface area contributed by atoms with Gasteiger partial charge in [0.05, 0.1) is 6.61 Å². The van der Waals surface area contributed by atoms with Crippen molar-refractivity contribution in [3.63, 3.8) is 0 Å². The number of ether oxygens (including phenoxy) is 1. The lowest BCUT2D eigenvalue weighted by atomic mass is 10.3. The Morgan fingerprint density at radius 2 is 2.00 bits per heavy atom. The molecule has 0 aliphatic rings. The Bertz CT molecular complexity index is 682. The first-order valence-corrected chi connectivity index (χ1v) is 7.32. The van der Waals surface area contributed by atoms with Crippen molar-refractivity contribution in [1.82, 2.24) is 0 Å². The number of nitrogens with zero attached hydrogens (tertiary/aromatic N) is 1. The van der Waals surface area contributed by atoms with Gasteiger partial charge in [0.25, 0.3) is 10.1 Å². The molecule has 0 amide bonds. The van der Waals surface area contributed by atoms with Crippen LogP contribution in [0.1, 0.15) is 6.92 Å². The highest BCUT2D eigenvalue weighted by Crippen LogP contribution is 2.28. The fraction of sp³-hybridized carbons (Fsp3) is 0.333. The Morgan fingerprint density at radius 3 is 2.44 bits per heavy atom. The average molecular weight is 294 g/mol. The topological polar surface area (TPSA) is 101 Å². The summed E-state index contributed by atoms with van der Waals surface area (Å²) in [4.78, 5) is -0.473. The van der Waals surface area contributed by atoms with Crippen LogP contribution in [0.2, 0.25) is 0 Å². The smallest absolute Gasteiger partial charge is 0.464 e. The third-order valence-electron chi connectivity index (χ3n) is 2.09. The monoisotopic (exact) mass is 294 g/mol. The van der Waals surface area contributed by atoms with Gasteiger partial charge >= 0.3 is 10.5 Å². The Hall–Kier alpha value is -1.45. The van der Waals surface area contributed by atoms with E-state index in [4.69, 9.17) is 9.29 Å². The molecule has 0 bridgehead atoms. The summed E-state index contributed by atoms with van der Waals surface area (Å²) in [5, 5.41) is 0. The number of rotatable bonds is 4. The Kier molecular flexibility index (Phi) is 4.43. The predicted molar refractivity (Wildman–Crippen MR) is 62.2 cm³/mol. The van der Waals surface area contributed by atoms with Crippen LogP contribution in [0, 0.1) is 0 Å². The first-order chi connectivity index (χ1) is 8.27. The van der Waals surface area contributed by atoms with Crippen LogP contribution in [-0.2, 0) is 20.6 Å². The summed E-state index contributed by atoms with van der Waals surface area (Å²) in [5.41, 5.74) is 0.0967. The van der Waals surface area contributed by atoms with Crippen molar-refractivity contribution >= 4 is 26.3 Å². The van der Waals surface area contributed by atoms with Crippen molar-refractivity contribution in [3.8, 4) is 5.75 Å². The molecule has 18 heavy (non-hydrogen) atoms. The fourth-order valence-electron chi connectivity index (χ4n) is 1.26. The highest BCUT2D eigenvalue weighted by Gasteiger charge is 2.21. The molecule has 1 rings (SSSR count). The molecule has 1 aromatic carbocycles. The molecule has 100 valence electrons. The molecule has 9 heteroatoms. The van der Waals surface area contributed by atoms with Crippen LogP contribution in [0.5, 0.6) is 5.75 Å². The van der Waals surface area contributed by atoms with E-state index in [1.165, 1.54) is 19.2 Å². The number of hydrogen-bond donors (Lipinski definition) is 1. The molecule has 0 radical (unpaired) electrons. The zero-order valence-corrected chi connectivity index (χ0v) is 11.3. The van der Waals surface area contributed by atoms with Crippen LogP contribution < -0.4 is 4.74 Å².